The largest absolute Gasteiger partial charge is 0.383 e. The molecule has 1 rings (SSSR count). The number of rotatable bonds is 3. The Balaban J connectivity index is 3.02. The summed E-state index contributed by atoms with van der Waals surface area (Å²) < 4.78 is 30.4. The van der Waals surface area contributed by atoms with Crippen molar-refractivity contribution in [3.63, 3.8) is 0 Å². The Labute approximate surface area is 83.7 Å². The molecule has 0 spiro atoms. The van der Waals surface area contributed by atoms with Gasteiger partial charge >= 0.3 is 0 Å². The third-order valence-corrected chi connectivity index (χ3v) is 2.44. The summed E-state index contributed by atoms with van der Waals surface area (Å²) in [5.41, 5.74) is 0.676. The van der Waals surface area contributed by atoms with E-state index in [2.05, 4.69) is 5.32 Å². The Kier molecular flexibility index (Phi) is 3.13. The molecule has 14 heavy (non-hydrogen) atoms. The van der Waals surface area contributed by atoms with Crippen LogP contribution in [0.25, 0.3) is 0 Å². The van der Waals surface area contributed by atoms with E-state index in [-0.39, 0.29) is 10.9 Å². The lowest BCUT2D eigenvalue weighted by Crippen LogP contribution is -2.10. The Morgan fingerprint density at radius 3 is 2.50 bits per heavy atom. The second-order valence-corrected chi connectivity index (χ2v) is 4.72. The highest BCUT2D eigenvalue weighted by Crippen LogP contribution is 2.15. The van der Waals surface area contributed by atoms with Crippen LogP contribution in [0.2, 0.25) is 0 Å². The minimum absolute atomic E-state index is 0.0943. The molecule has 0 amide bonds. The molecule has 0 atom stereocenters. The van der Waals surface area contributed by atoms with E-state index in [0.29, 0.717) is 5.69 Å². The van der Waals surface area contributed by atoms with Crippen molar-refractivity contribution in [3.8, 4) is 0 Å². The van der Waals surface area contributed by atoms with E-state index >= 15 is 0 Å². The molecule has 0 saturated carbocycles. The van der Waals surface area contributed by atoms with Crippen LogP contribution >= 0.6 is 0 Å². The molecule has 0 fully saturated rings. The molecule has 1 aromatic rings. The molecular formula is C9H13NO3S. The van der Waals surface area contributed by atoms with Crippen LogP contribution in [0, 0.1) is 0 Å². The summed E-state index contributed by atoms with van der Waals surface area (Å²) in [7, 11) is -4.10. The minimum atomic E-state index is -4.10. The second-order valence-electron chi connectivity index (χ2n) is 3.30. The maximum absolute atomic E-state index is 10.8. The summed E-state index contributed by atoms with van der Waals surface area (Å²) in [6.45, 7) is 3.89. The number of hydrogen-bond acceptors (Lipinski definition) is 3. The van der Waals surface area contributed by atoms with Crippen molar-refractivity contribution in [2.45, 2.75) is 24.8 Å². The lowest BCUT2D eigenvalue weighted by atomic mass is 10.3. The number of hydrogen-bond donors (Lipinski definition) is 2. The summed E-state index contributed by atoms with van der Waals surface area (Å²) in [4.78, 5) is -0.0943. The Morgan fingerprint density at radius 2 is 2.00 bits per heavy atom. The zero-order valence-corrected chi connectivity index (χ0v) is 8.88. The first-order valence-electron chi connectivity index (χ1n) is 4.23. The molecule has 4 nitrogen and oxygen atoms in total. The molecule has 0 aliphatic rings. The van der Waals surface area contributed by atoms with E-state index in [1.54, 1.807) is 12.1 Å². The van der Waals surface area contributed by atoms with Gasteiger partial charge in [0.1, 0.15) is 0 Å². The van der Waals surface area contributed by atoms with Crippen LogP contribution in [-0.4, -0.2) is 19.0 Å². The van der Waals surface area contributed by atoms with Gasteiger partial charge in [-0.05, 0) is 32.0 Å². The zero-order valence-electron chi connectivity index (χ0n) is 8.06. The highest BCUT2D eigenvalue weighted by Gasteiger charge is 2.09. The predicted molar refractivity (Wildman–Crippen MR) is 55.0 cm³/mol. The smallest absolute Gasteiger partial charge is 0.294 e. The summed E-state index contributed by atoms with van der Waals surface area (Å²) in [5, 5.41) is 3.04. The van der Waals surface area contributed by atoms with Crippen molar-refractivity contribution in [2.75, 3.05) is 5.32 Å². The topological polar surface area (TPSA) is 66.4 Å². The zero-order chi connectivity index (χ0) is 10.8. The van der Waals surface area contributed by atoms with Gasteiger partial charge in [-0.3, -0.25) is 4.55 Å². The van der Waals surface area contributed by atoms with Crippen LogP contribution in [0.5, 0.6) is 0 Å². The van der Waals surface area contributed by atoms with Crippen molar-refractivity contribution in [2.24, 2.45) is 0 Å². The van der Waals surface area contributed by atoms with Crippen LogP contribution in [0.15, 0.2) is 29.2 Å². The summed E-state index contributed by atoms with van der Waals surface area (Å²) in [6, 6.07) is 6.28. The molecule has 5 heteroatoms. The van der Waals surface area contributed by atoms with E-state index < -0.39 is 10.1 Å². The number of benzene rings is 1. The van der Waals surface area contributed by atoms with Crippen LogP contribution in [0.4, 0.5) is 5.69 Å². The van der Waals surface area contributed by atoms with E-state index in [4.69, 9.17) is 4.55 Å². The van der Waals surface area contributed by atoms with Gasteiger partial charge in [-0.15, -0.1) is 0 Å². The fraction of sp³-hybridized carbons (Fsp3) is 0.333. The van der Waals surface area contributed by atoms with Gasteiger partial charge in [0.05, 0.1) is 4.90 Å². The van der Waals surface area contributed by atoms with Gasteiger partial charge in [0, 0.05) is 11.7 Å². The average Bonchev–Trinajstić information content (AvgIpc) is 2.01. The molecule has 0 radical (unpaired) electrons. The maximum Gasteiger partial charge on any atom is 0.294 e. The molecule has 78 valence electrons. The molecule has 0 aliphatic carbocycles. The number of nitrogens with one attached hydrogen (secondary N) is 1. The molecule has 0 bridgehead atoms. The molecule has 2 N–H and O–H groups in total. The lowest BCUT2D eigenvalue weighted by molar-refractivity contribution is 0.483. The third kappa shape index (κ3) is 3.01. The van der Waals surface area contributed by atoms with Crippen molar-refractivity contribution >= 4 is 15.8 Å². The first-order valence-corrected chi connectivity index (χ1v) is 5.67. The molecule has 0 heterocycles. The van der Waals surface area contributed by atoms with E-state index in [1.165, 1.54) is 12.1 Å². The lowest BCUT2D eigenvalue weighted by Gasteiger charge is -2.10. The molecule has 0 aromatic heterocycles. The summed E-state index contributed by atoms with van der Waals surface area (Å²) in [6.07, 6.45) is 0. The van der Waals surface area contributed by atoms with Gasteiger partial charge in [-0.25, -0.2) is 0 Å². The van der Waals surface area contributed by atoms with Gasteiger partial charge in [0.15, 0.2) is 0 Å². The van der Waals surface area contributed by atoms with Crippen LogP contribution in [0.1, 0.15) is 13.8 Å². The van der Waals surface area contributed by atoms with Gasteiger partial charge in [0.2, 0.25) is 0 Å². The average molecular weight is 215 g/mol. The Hall–Kier alpha value is -1.07. The van der Waals surface area contributed by atoms with E-state index in [9.17, 15) is 8.42 Å². The minimum Gasteiger partial charge on any atom is -0.383 e. The molecule has 1 aromatic carbocycles. The van der Waals surface area contributed by atoms with Crippen molar-refractivity contribution < 1.29 is 13.0 Å². The van der Waals surface area contributed by atoms with Gasteiger partial charge in [-0.1, -0.05) is 6.07 Å². The van der Waals surface area contributed by atoms with E-state index in [1.807, 2.05) is 13.8 Å². The summed E-state index contributed by atoms with van der Waals surface area (Å²) in [5.74, 6) is 0. The van der Waals surface area contributed by atoms with Crippen molar-refractivity contribution in [1.29, 1.82) is 0 Å². The fourth-order valence-electron chi connectivity index (χ4n) is 1.08. The first-order chi connectivity index (χ1) is 6.39. The maximum atomic E-state index is 10.8. The van der Waals surface area contributed by atoms with E-state index in [0.717, 1.165) is 0 Å². The quantitative estimate of drug-likeness (QED) is 0.754. The molecule has 0 aliphatic heterocycles. The Morgan fingerprint density at radius 1 is 1.36 bits per heavy atom. The fourth-order valence-corrected chi connectivity index (χ4v) is 1.61. The molecule has 0 saturated heterocycles. The van der Waals surface area contributed by atoms with Gasteiger partial charge in [-0.2, -0.15) is 8.42 Å². The van der Waals surface area contributed by atoms with Crippen LogP contribution in [-0.2, 0) is 10.1 Å². The third-order valence-electron chi connectivity index (χ3n) is 1.59. The normalized spacial score (nSPS) is 11.7. The monoisotopic (exact) mass is 215 g/mol. The van der Waals surface area contributed by atoms with Gasteiger partial charge < -0.3 is 5.32 Å². The SMILES string of the molecule is CC(C)Nc1cccc(S(=O)(=O)O)c1. The molecule has 0 unspecified atom stereocenters. The van der Waals surface area contributed by atoms with Crippen molar-refractivity contribution in [3.05, 3.63) is 24.3 Å². The second kappa shape index (κ2) is 3.98. The van der Waals surface area contributed by atoms with Crippen molar-refractivity contribution in [1.82, 2.24) is 0 Å². The summed E-state index contributed by atoms with van der Waals surface area (Å²) >= 11 is 0. The number of anilines is 1. The van der Waals surface area contributed by atoms with Gasteiger partial charge in [0.25, 0.3) is 10.1 Å². The van der Waals surface area contributed by atoms with Crippen LogP contribution in [0.3, 0.4) is 0 Å². The standard InChI is InChI=1S/C9H13NO3S/c1-7(2)10-8-4-3-5-9(6-8)14(11,12)13/h3-7,10H,1-2H3,(H,11,12,13). The first kappa shape index (κ1) is 11.0. The predicted octanol–water partition coefficient (Wildman–Crippen LogP) is 1.75. The highest BCUT2D eigenvalue weighted by atomic mass is 32.2. The highest BCUT2D eigenvalue weighted by molar-refractivity contribution is 7.85. The Bertz CT molecular complexity index is 412. The molecular weight excluding hydrogens is 202 g/mol. The van der Waals surface area contributed by atoms with Crippen LogP contribution < -0.4 is 5.32 Å².